The second-order valence-electron chi connectivity index (χ2n) is 3.35. The lowest BCUT2D eigenvalue weighted by Crippen LogP contribution is -2.41. The van der Waals surface area contributed by atoms with Crippen molar-refractivity contribution >= 4 is 5.91 Å². The van der Waals surface area contributed by atoms with E-state index in [4.69, 9.17) is 4.84 Å². The van der Waals surface area contributed by atoms with E-state index >= 15 is 0 Å². The van der Waals surface area contributed by atoms with E-state index in [1.165, 1.54) is 0 Å². The third-order valence-electron chi connectivity index (χ3n) is 1.87. The monoisotopic (exact) mass is 188 g/mol. The average molecular weight is 188 g/mol. The van der Waals surface area contributed by atoms with Gasteiger partial charge in [-0.3, -0.25) is 4.79 Å². The third kappa shape index (κ3) is 6.54. The molecule has 0 rings (SSSR count). The second kappa shape index (κ2) is 6.86. The summed E-state index contributed by atoms with van der Waals surface area (Å²) >= 11 is 0. The van der Waals surface area contributed by atoms with Crippen LogP contribution >= 0.6 is 0 Å². The third-order valence-corrected chi connectivity index (χ3v) is 1.87. The number of hydrogen-bond acceptors (Lipinski definition) is 3. The quantitative estimate of drug-likeness (QED) is 0.476. The van der Waals surface area contributed by atoms with E-state index in [0.717, 1.165) is 0 Å². The van der Waals surface area contributed by atoms with Crippen LogP contribution in [0.1, 0.15) is 27.7 Å². The standard InChI is InChI=1S/C9H20N2O2/c1-5-13-10-6-9(12)11-8(4)7(2)3/h7-8,10H,5-6H2,1-4H3,(H,11,12). The summed E-state index contributed by atoms with van der Waals surface area (Å²) in [6, 6.07) is 0.205. The SMILES string of the molecule is CCONCC(=O)NC(C)C(C)C. The van der Waals surface area contributed by atoms with Gasteiger partial charge in [0.05, 0.1) is 13.2 Å². The largest absolute Gasteiger partial charge is 0.352 e. The number of rotatable bonds is 6. The molecule has 0 aliphatic heterocycles. The minimum Gasteiger partial charge on any atom is -0.352 e. The summed E-state index contributed by atoms with van der Waals surface area (Å²) in [5.41, 5.74) is 2.57. The number of carbonyl (C=O) groups is 1. The van der Waals surface area contributed by atoms with E-state index in [1.54, 1.807) is 0 Å². The summed E-state index contributed by atoms with van der Waals surface area (Å²) in [5, 5.41) is 2.86. The minimum atomic E-state index is -0.0327. The first kappa shape index (κ1) is 12.4. The van der Waals surface area contributed by atoms with Crippen LogP contribution in [0.15, 0.2) is 0 Å². The Morgan fingerprint density at radius 1 is 1.38 bits per heavy atom. The molecule has 13 heavy (non-hydrogen) atoms. The van der Waals surface area contributed by atoms with Gasteiger partial charge >= 0.3 is 0 Å². The molecule has 0 saturated carbocycles. The number of hydrogen-bond donors (Lipinski definition) is 2. The summed E-state index contributed by atoms with van der Waals surface area (Å²) in [6.07, 6.45) is 0. The summed E-state index contributed by atoms with van der Waals surface area (Å²) in [6.45, 7) is 8.77. The van der Waals surface area contributed by atoms with Crippen molar-refractivity contribution in [2.75, 3.05) is 13.2 Å². The first-order chi connectivity index (χ1) is 6.07. The van der Waals surface area contributed by atoms with Crippen LogP contribution in [0.25, 0.3) is 0 Å². The molecule has 0 aliphatic rings. The molecule has 78 valence electrons. The van der Waals surface area contributed by atoms with Gasteiger partial charge in [-0.1, -0.05) is 13.8 Å². The Morgan fingerprint density at radius 3 is 2.46 bits per heavy atom. The van der Waals surface area contributed by atoms with Crippen LogP contribution in [-0.2, 0) is 9.63 Å². The van der Waals surface area contributed by atoms with E-state index in [-0.39, 0.29) is 18.5 Å². The first-order valence-electron chi connectivity index (χ1n) is 4.72. The summed E-state index contributed by atoms with van der Waals surface area (Å²) in [4.78, 5) is 16.0. The molecule has 0 aromatic carbocycles. The molecule has 4 heteroatoms. The Balaban J connectivity index is 3.50. The second-order valence-corrected chi connectivity index (χ2v) is 3.35. The highest BCUT2D eigenvalue weighted by atomic mass is 16.6. The number of nitrogens with one attached hydrogen (secondary N) is 2. The molecule has 0 heterocycles. The van der Waals surface area contributed by atoms with E-state index in [1.807, 2.05) is 13.8 Å². The molecule has 0 fully saturated rings. The zero-order valence-corrected chi connectivity index (χ0v) is 8.89. The summed E-state index contributed by atoms with van der Waals surface area (Å²) in [7, 11) is 0. The van der Waals surface area contributed by atoms with Crippen molar-refractivity contribution in [3.63, 3.8) is 0 Å². The van der Waals surface area contributed by atoms with Gasteiger partial charge in [0.1, 0.15) is 0 Å². The van der Waals surface area contributed by atoms with Crippen LogP contribution in [0, 0.1) is 5.92 Å². The number of carbonyl (C=O) groups excluding carboxylic acids is 1. The molecule has 2 N–H and O–H groups in total. The number of hydroxylamine groups is 1. The summed E-state index contributed by atoms with van der Waals surface area (Å²) in [5.74, 6) is 0.422. The molecular formula is C9H20N2O2. The molecule has 0 bridgehead atoms. The van der Waals surface area contributed by atoms with Gasteiger partial charge in [-0.25, -0.2) is 0 Å². The van der Waals surface area contributed by atoms with Crippen LogP contribution in [-0.4, -0.2) is 25.1 Å². The van der Waals surface area contributed by atoms with Gasteiger partial charge in [0.25, 0.3) is 0 Å². The van der Waals surface area contributed by atoms with E-state index < -0.39 is 0 Å². The van der Waals surface area contributed by atoms with Crippen molar-refractivity contribution in [3.05, 3.63) is 0 Å². The molecule has 0 aromatic rings. The molecule has 1 unspecified atom stereocenters. The fraction of sp³-hybridized carbons (Fsp3) is 0.889. The Labute approximate surface area is 80.0 Å². The van der Waals surface area contributed by atoms with Crippen molar-refractivity contribution in [3.8, 4) is 0 Å². The smallest absolute Gasteiger partial charge is 0.236 e. The number of amides is 1. The van der Waals surface area contributed by atoms with Gasteiger partial charge in [-0.05, 0) is 19.8 Å². The molecule has 1 atom stereocenters. The highest BCUT2D eigenvalue weighted by Crippen LogP contribution is 1.98. The molecule has 0 spiro atoms. The maximum absolute atomic E-state index is 11.2. The highest BCUT2D eigenvalue weighted by Gasteiger charge is 2.09. The summed E-state index contributed by atoms with van der Waals surface area (Å²) < 4.78 is 0. The maximum Gasteiger partial charge on any atom is 0.236 e. The fourth-order valence-corrected chi connectivity index (χ4v) is 0.690. The van der Waals surface area contributed by atoms with Crippen LogP contribution in [0.4, 0.5) is 0 Å². The molecule has 4 nitrogen and oxygen atoms in total. The molecular weight excluding hydrogens is 168 g/mol. The molecule has 0 saturated heterocycles. The Morgan fingerprint density at radius 2 is 2.00 bits per heavy atom. The Bertz CT molecular complexity index is 149. The predicted molar refractivity (Wildman–Crippen MR) is 52.1 cm³/mol. The van der Waals surface area contributed by atoms with E-state index in [2.05, 4.69) is 24.6 Å². The van der Waals surface area contributed by atoms with Crippen molar-refractivity contribution in [2.45, 2.75) is 33.7 Å². The van der Waals surface area contributed by atoms with Crippen LogP contribution in [0.2, 0.25) is 0 Å². The lowest BCUT2D eigenvalue weighted by atomic mass is 10.1. The molecule has 1 amide bonds. The van der Waals surface area contributed by atoms with Crippen LogP contribution in [0.5, 0.6) is 0 Å². The van der Waals surface area contributed by atoms with Crippen molar-refractivity contribution in [1.82, 2.24) is 10.8 Å². The van der Waals surface area contributed by atoms with Crippen LogP contribution < -0.4 is 10.8 Å². The Kier molecular flexibility index (Phi) is 6.54. The van der Waals surface area contributed by atoms with Gasteiger partial charge in [-0.2, -0.15) is 5.48 Å². The molecule has 0 radical (unpaired) electrons. The zero-order valence-electron chi connectivity index (χ0n) is 8.89. The Hall–Kier alpha value is -0.610. The predicted octanol–water partition coefficient (Wildman–Crippen LogP) is 0.688. The van der Waals surface area contributed by atoms with Crippen LogP contribution in [0.3, 0.4) is 0 Å². The van der Waals surface area contributed by atoms with Gasteiger partial charge in [0.15, 0.2) is 0 Å². The van der Waals surface area contributed by atoms with Crippen molar-refractivity contribution in [2.24, 2.45) is 5.92 Å². The normalized spacial score (nSPS) is 13.0. The van der Waals surface area contributed by atoms with Gasteiger partial charge in [-0.15, -0.1) is 0 Å². The average Bonchev–Trinajstić information content (AvgIpc) is 2.04. The van der Waals surface area contributed by atoms with E-state index in [0.29, 0.717) is 12.5 Å². The first-order valence-corrected chi connectivity index (χ1v) is 4.72. The lowest BCUT2D eigenvalue weighted by Gasteiger charge is -2.17. The van der Waals surface area contributed by atoms with E-state index in [9.17, 15) is 4.79 Å². The zero-order chi connectivity index (χ0) is 10.3. The van der Waals surface area contributed by atoms with Crippen molar-refractivity contribution < 1.29 is 9.63 Å². The maximum atomic E-state index is 11.2. The lowest BCUT2D eigenvalue weighted by molar-refractivity contribution is -0.123. The molecule has 0 aliphatic carbocycles. The highest BCUT2D eigenvalue weighted by molar-refractivity contribution is 5.78. The van der Waals surface area contributed by atoms with Gasteiger partial charge < -0.3 is 10.2 Å². The topological polar surface area (TPSA) is 50.4 Å². The molecule has 0 aromatic heterocycles. The van der Waals surface area contributed by atoms with Gasteiger partial charge in [0, 0.05) is 6.04 Å². The fourth-order valence-electron chi connectivity index (χ4n) is 0.690. The minimum absolute atomic E-state index is 0.0327. The van der Waals surface area contributed by atoms with Gasteiger partial charge in [0.2, 0.25) is 5.91 Å². The van der Waals surface area contributed by atoms with Crippen molar-refractivity contribution in [1.29, 1.82) is 0 Å².